The van der Waals surface area contributed by atoms with Crippen LogP contribution in [0.25, 0.3) is 0 Å². The van der Waals surface area contributed by atoms with E-state index >= 15 is 0 Å². The molecule has 2 bridgehead atoms. The molecular formula is C19H19ClFN3O4. The zero-order chi connectivity index (χ0) is 20.1. The van der Waals surface area contributed by atoms with E-state index in [1.54, 1.807) is 13.8 Å². The van der Waals surface area contributed by atoms with E-state index in [9.17, 15) is 14.0 Å². The van der Waals surface area contributed by atoms with Gasteiger partial charge in [0.05, 0.1) is 10.7 Å². The Morgan fingerprint density at radius 3 is 2.54 bits per heavy atom. The van der Waals surface area contributed by atoms with Crippen molar-refractivity contribution in [3.63, 3.8) is 0 Å². The lowest BCUT2D eigenvalue weighted by molar-refractivity contribution is -0.141. The maximum Gasteiger partial charge on any atom is 0.258 e. The lowest BCUT2D eigenvalue weighted by Crippen LogP contribution is -2.84. The van der Waals surface area contributed by atoms with E-state index in [2.05, 4.69) is 15.8 Å². The highest BCUT2D eigenvalue weighted by Crippen LogP contribution is 2.60. The Hall–Kier alpha value is -2.61. The van der Waals surface area contributed by atoms with Crippen LogP contribution in [0.3, 0.4) is 0 Å². The second-order valence-corrected chi connectivity index (χ2v) is 8.06. The summed E-state index contributed by atoms with van der Waals surface area (Å²) in [6.45, 7) is 3.20. The predicted molar refractivity (Wildman–Crippen MR) is 97.8 cm³/mol. The summed E-state index contributed by atoms with van der Waals surface area (Å²) >= 11 is 5.61. The lowest BCUT2D eigenvalue weighted by atomic mass is 9.44. The number of nitrogens with zero attached hydrogens (tertiary/aromatic N) is 1. The molecule has 2 N–H and O–H groups in total. The number of nitrogens with one attached hydrogen (secondary N) is 2. The molecule has 0 saturated heterocycles. The Bertz CT molecular complexity index is 935. The molecule has 2 aromatic rings. The summed E-state index contributed by atoms with van der Waals surface area (Å²) in [6.07, 6.45) is 1.99. The van der Waals surface area contributed by atoms with E-state index in [4.69, 9.17) is 20.9 Å². The van der Waals surface area contributed by atoms with Gasteiger partial charge in [0, 0.05) is 17.1 Å². The van der Waals surface area contributed by atoms with Crippen LogP contribution >= 0.6 is 11.6 Å². The number of benzene rings is 1. The van der Waals surface area contributed by atoms with Gasteiger partial charge in [-0.1, -0.05) is 16.8 Å². The first-order valence-electron chi connectivity index (χ1n) is 8.85. The standard InChI is InChI=1S/C19H19ClFN3O4/c1-10-16(11(2)28-24-10)17(26)23-19-7-18(8-19,9-19)22-15(25)6-27-12-3-4-13(20)14(21)5-12/h3-5H,6-9H2,1-2H3,(H,22,25)(H,23,26). The van der Waals surface area contributed by atoms with Crippen LogP contribution in [-0.4, -0.2) is 34.7 Å². The van der Waals surface area contributed by atoms with Crippen LogP contribution in [0.1, 0.15) is 41.1 Å². The maximum absolute atomic E-state index is 13.4. The first kappa shape index (κ1) is 18.7. The van der Waals surface area contributed by atoms with Crippen molar-refractivity contribution >= 4 is 23.4 Å². The fraction of sp³-hybridized carbons (Fsp3) is 0.421. The third kappa shape index (κ3) is 3.22. The molecule has 0 spiro atoms. The number of ether oxygens (including phenoxy) is 1. The largest absolute Gasteiger partial charge is 0.484 e. The van der Waals surface area contributed by atoms with Gasteiger partial charge < -0.3 is 19.9 Å². The minimum Gasteiger partial charge on any atom is -0.484 e. The normalized spacial score (nSPS) is 24.7. The molecular weight excluding hydrogens is 389 g/mol. The highest BCUT2D eigenvalue weighted by atomic mass is 35.5. The van der Waals surface area contributed by atoms with E-state index < -0.39 is 5.82 Å². The van der Waals surface area contributed by atoms with Gasteiger partial charge in [-0.25, -0.2) is 4.39 Å². The number of aromatic nitrogens is 1. The minimum absolute atomic E-state index is 0.00500. The molecule has 148 valence electrons. The number of hydrogen-bond acceptors (Lipinski definition) is 5. The van der Waals surface area contributed by atoms with E-state index in [1.807, 2.05) is 0 Å². The third-order valence-electron chi connectivity index (χ3n) is 5.34. The highest BCUT2D eigenvalue weighted by Gasteiger charge is 2.69. The van der Waals surface area contributed by atoms with E-state index in [0.717, 1.165) is 6.07 Å². The zero-order valence-corrected chi connectivity index (χ0v) is 16.2. The Morgan fingerprint density at radius 2 is 1.93 bits per heavy atom. The molecule has 9 heteroatoms. The molecule has 0 aliphatic heterocycles. The van der Waals surface area contributed by atoms with Gasteiger partial charge in [-0.3, -0.25) is 9.59 Å². The van der Waals surface area contributed by atoms with Gasteiger partial charge in [0.2, 0.25) is 0 Å². The van der Waals surface area contributed by atoms with Crippen molar-refractivity contribution in [2.75, 3.05) is 6.61 Å². The molecule has 3 saturated carbocycles. The van der Waals surface area contributed by atoms with Gasteiger partial charge in [-0.15, -0.1) is 0 Å². The molecule has 0 atom stereocenters. The van der Waals surface area contributed by atoms with E-state index in [0.29, 0.717) is 36.3 Å². The molecule has 1 heterocycles. The summed E-state index contributed by atoms with van der Waals surface area (Å²) in [5, 5.41) is 9.77. The Labute approximate surface area is 165 Å². The van der Waals surface area contributed by atoms with Gasteiger partial charge in [-0.2, -0.15) is 0 Å². The first-order valence-corrected chi connectivity index (χ1v) is 9.23. The summed E-state index contributed by atoms with van der Waals surface area (Å²) in [6, 6.07) is 4.01. The van der Waals surface area contributed by atoms with E-state index in [-0.39, 0.29) is 40.3 Å². The van der Waals surface area contributed by atoms with Crippen LogP contribution in [0.2, 0.25) is 5.02 Å². The van der Waals surface area contributed by atoms with Crippen molar-refractivity contribution in [3.8, 4) is 5.75 Å². The lowest BCUT2D eigenvalue weighted by Gasteiger charge is -2.70. The Kier molecular flexibility index (Phi) is 4.33. The number of halogens is 2. The van der Waals surface area contributed by atoms with Crippen LogP contribution < -0.4 is 15.4 Å². The van der Waals surface area contributed by atoms with Crippen LogP contribution in [0.15, 0.2) is 22.7 Å². The van der Waals surface area contributed by atoms with Crippen LogP contribution in [0, 0.1) is 19.7 Å². The van der Waals surface area contributed by atoms with Crippen LogP contribution in [0.5, 0.6) is 5.75 Å². The molecule has 28 heavy (non-hydrogen) atoms. The average molecular weight is 408 g/mol. The third-order valence-corrected chi connectivity index (χ3v) is 5.64. The monoisotopic (exact) mass is 407 g/mol. The molecule has 1 aromatic carbocycles. The Morgan fingerprint density at radius 1 is 1.25 bits per heavy atom. The summed E-state index contributed by atoms with van der Waals surface area (Å²) in [5.74, 6) is -0.377. The highest BCUT2D eigenvalue weighted by molar-refractivity contribution is 6.30. The minimum atomic E-state index is -0.602. The molecule has 2 amide bonds. The fourth-order valence-corrected chi connectivity index (χ4v) is 4.33. The number of carbonyl (C=O) groups excluding carboxylic acids is 2. The smallest absolute Gasteiger partial charge is 0.258 e. The molecule has 0 unspecified atom stereocenters. The van der Waals surface area contributed by atoms with Gasteiger partial charge in [0.1, 0.15) is 22.9 Å². The van der Waals surface area contributed by atoms with Crippen molar-refractivity contribution in [3.05, 3.63) is 46.1 Å². The molecule has 0 radical (unpaired) electrons. The molecule has 5 rings (SSSR count). The van der Waals surface area contributed by atoms with Gasteiger partial charge >= 0.3 is 0 Å². The number of amides is 2. The number of hydrogen-bond donors (Lipinski definition) is 2. The first-order chi connectivity index (χ1) is 13.2. The molecule has 3 aliphatic rings. The van der Waals surface area contributed by atoms with Crippen molar-refractivity contribution in [2.24, 2.45) is 0 Å². The van der Waals surface area contributed by atoms with Gasteiger partial charge in [0.15, 0.2) is 6.61 Å². The van der Waals surface area contributed by atoms with Gasteiger partial charge in [0.25, 0.3) is 11.8 Å². The zero-order valence-electron chi connectivity index (χ0n) is 15.4. The molecule has 7 nitrogen and oxygen atoms in total. The SMILES string of the molecule is Cc1noc(C)c1C(=O)NC12CC(NC(=O)COc3ccc(Cl)c(F)c3)(C1)C2. The Balaban J connectivity index is 1.26. The number of rotatable bonds is 6. The average Bonchev–Trinajstić information content (AvgIpc) is 2.91. The van der Waals surface area contributed by atoms with Crippen molar-refractivity contribution in [1.29, 1.82) is 0 Å². The van der Waals surface area contributed by atoms with Crippen molar-refractivity contribution in [2.45, 2.75) is 44.2 Å². The molecule has 3 aliphatic carbocycles. The summed E-state index contributed by atoms with van der Waals surface area (Å²) in [7, 11) is 0. The van der Waals surface area contributed by atoms with E-state index in [1.165, 1.54) is 12.1 Å². The molecule has 1 aromatic heterocycles. The number of carbonyl (C=O) groups is 2. The maximum atomic E-state index is 13.4. The second-order valence-electron chi connectivity index (χ2n) is 7.66. The molecule has 3 fully saturated rings. The predicted octanol–water partition coefficient (Wildman–Crippen LogP) is 2.68. The fourth-order valence-electron chi connectivity index (χ4n) is 4.21. The van der Waals surface area contributed by atoms with Crippen LogP contribution in [0.4, 0.5) is 4.39 Å². The quantitative estimate of drug-likeness (QED) is 0.767. The summed E-state index contributed by atoms with van der Waals surface area (Å²) in [5.41, 5.74) is 0.421. The summed E-state index contributed by atoms with van der Waals surface area (Å²) < 4.78 is 23.7. The van der Waals surface area contributed by atoms with Crippen molar-refractivity contribution < 1.29 is 23.2 Å². The van der Waals surface area contributed by atoms with Gasteiger partial charge in [-0.05, 0) is 45.2 Å². The van der Waals surface area contributed by atoms with Crippen molar-refractivity contribution in [1.82, 2.24) is 15.8 Å². The second kappa shape index (κ2) is 6.48. The summed E-state index contributed by atoms with van der Waals surface area (Å²) in [4.78, 5) is 24.6. The topological polar surface area (TPSA) is 93.5 Å². The number of aryl methyl sites for hydroxylation is 2. The van der Waals surface area contributed by atoms with Crippen LogP contribution in [-0.2, 0) is 4.79 Å².